The Morgan fingerprint density at radius 2 is 1.55 bits per heavy atom. The Hall–Kier alpha value is -2.82. The number of amides is 2. The van der Waals surface area contributed by atoms with Gasteiger partial charge in [-0.25, -0.2) is 0 Å². The van der Waals surface area contributed by atoms with Gasteiger partial charge in [-0.3, -0.25) is 9.59 Å². The summed E-state index contributed by atoms with van der Waals surface area (Å²) in [5.41, 5.74) is 2.79. The Balaban J connectivity index is 1.48. The molecule has 1 aliphatic rings. The maximum atomic E-state index is 12.7. The smallest absolute Gasteiger partial charge is 0.255 e. The fourth-order valence-corrected chi connectivity index (χ4v) is 4.31. The zero-order chi connectivity index (χ0) is 22.4. The van der Waals surface area contributed by atoms with Crippen LogP contribution in [0.25, 0.3) is 0 Å². The van der Waals surface area contributed by atoms with Crippen LogP contribution in [0.15, 0.2) is 54.6 Å². The number of benzene rings is 2. The molecule has 5 heteroatoms. The van der Waals surface area contributed by atoms with Gasteiger partial charge in [-0.05, 0) is 54.2 Å². The van der Waals surface area contributed by atoms with Crippen molar-refractivity contribution in [3.63, 3.8) is 0 Å². The van der Waals surface area contributed by atoms with Crippen LogP contribution in [-0.2, 0) is 4.79 Å². The van der Waals surface area contributed by atoms with Crippen molar-refractivity contribution in [1.82, 2.24) is 4.90 Å². The van der Waals surface area contributed by atoms with E-state index in [4.69, 9.17) is 0 Å². The number of piperazine rings is 1. The van der Waals surface area contributed by atoms with Gasteiger partial charge < -0.3 is 15.1 Å². The fraction of sp³-hybridized carbons (Fsp3) is 0.462. The van der Waals surface area contributed by atoms with E-state index in [9.17, 15) is 9.59 Å². The van der Waals surface area contributed by atoms with Crippen LogP contribution < -0.4 is 10.2 Å². The average molecular weight is 422 g/mol. The summed E-state index contributed by atoms with van der Waals surface area (Å²) in [6, 6.07) is 17.1. The molecule has 31 heavy (non-hydrogen) atoms. The second-order valence-electron chi connectivity index (χ2n) is 9.81. The highest BCUT2D eigenvalue weighted by Gasteiger charge is 2.24. The third kappa shape index (κ3) is 6.84. The molecule has 1 fully saturated rings. The second-order valence-corrected chi connectivity index (χ2v) is 9.81. The van der Waals surface area contributed by atoms with E-state index in [0.717, 1.165) is 44.0 Å². The topological polar surface area (TPSA) is 52.7 Å². The maximum absolute atomic E-state index is 12.7. The highest BCUT2D eigenvalue weighted by molar-refractivity contribution is 6.04. The first-order chi connectivity index (χ1) is 14.7. The van der Waals surface area contributed by atoms with Crippen molar-refractivity contribution in [2.75, 3.05) is 36.4 Å². The van der Waals surface area contributed by atoms with E-state index < -0.39 is 0 Å². The summed E-state index contributed by atoms with van der Waals surface area (Å²) < 4.78 is 0. The van der Waals surface area contributed by atoms with Crippen LogP contribution in [0, 0.1) is 11.3 Å². The van der Waals surface area contributed by atoms with Gasteiger partial charge in [0.05, 0.1) is 0 Å². The van der Waals surface area contributed by atoms with E-state index in [1.807, 2.05) is 47.4 Å². The number of anilines is 2. The minimum atomic E-state index is -0.110. The first kappa shape index (κ1) is 22.9. The van der Waals surface area contributed by atoms with Crippen molar-refractivity contribution >= 4 is 23.2 Å². The van der Waals surface area contributed by atoms with Gasteiger partial charge in [0, 0.05) is 49.5 Å². The molecule has 1 saturated heterocycles. The van der Waals surface area contributed by atoms with Crippen molar-refractivity contribution in [2.24, 2.45) is 11.3 Å². The lowest BCUT2D eigenvalue weighted by atomic mass is 9.84. The molecule has 2 aromatic carbocycles. The van der Waals surface area contributed by atoms with E-state index in [0.29, 0.717) is 17.9 Å². The molecular formula is C26H35N3O2. The van der Waals surface area contributed by atoms with Gasteiger partial charge >= 0.3 is 0 Å². The van der Waals surface area contributed by atoms with Crippen molar-refractivity contribution in [3.05, 3.63) is 60.2 Å². The molecule has 0 aromatic heterocycles. The average Bonchev–Trinajstić information content (AvgIpc) is 2.73. The quantitative estimate of drug-likeness (QED) is 0.710. The summed E-state index contributed by atoms with van der Waals surface area (Å²) >= 11 is 0. The largest absolute Gasteiger partial charge is 0.368 e. The highest BCUT2D eigenvalue weighted by Crippen LogP contribution is 2.27. The van der Waals surface area contributed by atoms with E-state index in [1.54, 1.807) is 12.1 Å². The van der Waals surface area contributed by atoms with Crippen LogP contribution in [0.5, 0.6) is 0 Å². The number of nitrogens with one attached hydrogen (secondary N) is 1. The molecule has 0 radical (unpaired) electrons. The zero-order valence-electron chi connectivity index (χ0n) is 19.2. The fourth-order valence-electron chi connectivity index (χ4n) is 4.31. The van der Waals surface area contributed by atoms with Gasteiger partial charge in [0.15, 0.2) is 0 Å². The Morgan fingerprint density at radius 3 is 2.13 bits per heavy atom. The van der Waals surface area contributed by atoms with Crippen LogP contribution in [0.4, 0.5) is 11.4 Å². The third-order valence-electron chi connectivity index (χ3n) is 5.64. The molecule has 0 aliphatic carbocycles. The van der Waals surface area contributed by atoms with Gasteiger partial charge in [0.25, 0.3) is 5.91 Å². The number of carbonyl (C=O) groups excluding carboxylic acids is 2. The summed E-state index contributed by atoms with van der Waals surface area (Å²) in [6.07, 6.45) is 1.69. The predicted octanol–water partition coefficient (Wildman–Crippen LogP) is 5.05. The molecule has 1 atom stereocenters. The molecule has 0 spiro atoms. The first-order valence-corrected chi connectivity index (χ1v) is 11.2. The summed E-state index contributed by atoms with van der Waals surface area (Å²) in [4.78, 5) is 29.3. The number of hydrogen-bond donors (Lipinski definition) is 1. The monoisotopic (exact) mass is 421 g/mol. The van der Waals surface area contributed by atoms with Gasteiger partial charge in [-0.15, -0.1) is 0 Å². The van der Waals surface area contributed by atoms with E-state index in [1.165, 1.54) is 0 Å². The Kier molecular flexibility index (Phi) is 7.37. The second kappa shape index (κ2) is 9.99. The molecule has 0 bridgehead atoms. The van der Waals surface area contributed by atoms with Crippen LogP contribution in [0.3, 0.4) is 0 Å². The van der Waals surface area contributed by atoms with Gasteiger partial charge in [0.1, 0.15) is 0 Å². The van der Waals surface area contributed by atoms with Crippen molar-refractivity contribution in [2.45, 2.75) is 40.5 Å². The Bertz CT molecular complexity index is 864. The van der Waals surface area contributed by atoms with Gasteiger partial charge in [-0.1, -0.05) is 45.9 Å². The van der Waals surface area contributed by atoms with Crippen molar-refractivity contribution in [1.29, 1.82) is 0 Å². The highest BCUT2D eigenvalue weighted by atomic mass is 16.2. The van der Waals surface area contributed by atoms with Gasteiger partial charge in [-0.2, -0.15) is 0 Å². The van der Waals surface area contributed by atoms with Gasteiger partial charge in [0.2, 0.25) is 5.91 Å². The molecule has 1 heterocycles. The predicted molar refractivity (Wildman–Crippen MR) is 127 cm³/mol. The lowest BCUT2D eigenvalue weighted by Crippen LogP contribution is -2.49. The van der Waals surface area contributed by atoms with Crippen LogP contribution in [0.1, 0.15) is 50.9 Å². The molecule has 5 nitrogen and oxygen atoms in total. The molecular weight excluding hydrogens is 386 g/mol. The number of hydrogen-bond acceptors (Lipinski definition) is 3. The first-order valence-electron chi connectivity index (χ1n) is 11.2. The normalized spacial score (nSPS) is 15.5. The summed E-state index contributed by atoms with van der Waals surface area (Å²) in [6.45, 7) is 12.0. The maximum Gasteiger partial charge on any atom is 0.255 e. The number of nitrogens with zero attached hydrogens (tertiary/aromatic N) is 2. The van der Waals surface area contributed by atoms with Crippen molar-refractivity contribution < 1.29 is 9.59 Å². The molecule has 1 aliphatic heterocycles. The zero-order valence-corrected chi connectivity index (χ0v) is 19.2. The van der Waals surface area contributed by atoms with Crippen LogP contribution in [0.2, 0.25) is 0 Å². The van der Waals surface area contributed by atoms with Crippen molar-refractivity contribution in [3.8, 4) is 0 Å². The molecule has 3 rings (SSSR count). The Morgan fingerprint density at radius 1 is 0.935 bits per heavy atom. The van der Waals surface area contributed by atoms with Crippen LogP contribution >= 0.6 is 0 Å². The molecule has 0 saturated carbocycles. The van der Waals surface area contributed by atoms with E-state index in [-0.39, 0.29) is 17.2 Å². The lowest BCUT2D eigenvalue weighted by molar-refractivity contribution is -0.132. The standard InChI is InChI=1S/C26H35N3O2/c1-20(19-26(2,3)4)18-24(30)29-16-14-28(15-17-29)23-12-10-22(11-13-23)27-25(31)21-8-6-5-7-9-21/h5-13,20H,14-19H2,1-4H3,(H,27,31). The SMILES string of the molecule is CC(CC(=O)N1CCN(c2ccc(NC(=O)c3ccccc3)cc2)CC1)CC(C)(C)C. The minimum absolute atomic E-state index is 0.110. The molecule has 2 aromatic rings. The minimum Gasteiger partial charge on any atom is -0.368 e. The Labute approximate surface area is 186 Å². The lowest BCUT2D eigenvalue weighted by Gasteiger charge is -2.37. The summed E-state index contributed by atoms with van der Waals surface area (Å²) in [5.74, 6) is 0.570. The molecule has 2 amide bonds. The number of carbonyl (C=O) groups is 2. The van der Waals surface area contributed by atoms with Crippen LogP contribution in [-0.4, -0.2) is 42.9 Å². The molecule has 1 unspecified atom stereocenters. The molecule has 1 N–H and O–H groups in total. The van der Waals surface area contributed by atoms with E-state index >= 15 is 0 Å². The third-order valence-corrected chi connectivity index (χ3v) is 5.64. The summed E-state index contributed by atoms with van der Waals surface area (Å²) in [5, 5.41) is 2.93. The van der Waals surface area contributed by atoms with E-state index in [2.05, 4.69) is 37.9 Å². The summed E-state index contributed by atoms with van der Waals surface area (Å²) in [7, 11) is 0. The number of rotatable bonds is 6. The molecule has 166 valence electrons.